The summed E-state index contributed by atoms with van der Waals surface area (Å²) in [7, 11) is 1.63. The Kier molecular flexibility index (Phi) is 9.68. The van der Waals surface area contributed by atoms with Gasteiger partial charge in [-0.15, -0.1) is 0 Å². The number of hydroxylamine groups is 2. The van der Waals surface area contributed by atoms with Crippen molar-refractivity contribution >= 4 is 34.7 Å². The van der Waals surface area contributed by atoms with Gasteiger partial charge in [-0.25, -0.2) is 4.79 Å². The molecule has 2 heterocycles. The molecule has 0 saturated carbocycles. The molecule has 1 aliphatic heterocycles. The Morgan fingerprint density at radius 3 is 2.50 bits per heavy atom. The van der Waals surface area contributed by atoms with Crippen LogP contribution in [0.25, 0.3) is 10.9 Å². The van der Waals surface area contributed by atoms with Gasteiger partial charge in [-0.1, -0.05) is 60.7 Å². The van der Waals surface area contributed by atoms with E-state index in [0.29, 0.717) is 11.5 Å². The standard InChI is InChI=1S/C32H35N3O6S/c1-3-40-31(36)28-17-25-24-11-7-8-12-26(24)33-29(25)30(35(28)38)27(20-42-19-22-13-15-23(39-2)16-14-22)34-32(37)41-18-21-9-5-4-6-10-21/h4-16,27-28,30,33,38H,3,17-20H2,1-2H3,(H,34,37). The van der Waals surface area contributed by atoms with Crippen LogP contribution >= 0.6 is 11.8 Å². The minimum Gasteiger partial charge on any atom is -0.497 e. The van der Waals surface area contributed by atoms with E-state index in [-0.39, 0.29) is 19.6 Å². The van der Waals surface area contributed by atoms with Crippen molar-refractivity contribution in [1.29, 1.82) is 0 Å². The van der Waals surface area contributed by atoms with Crippen LogP contribution in [-0.2, 0) is 33.0 Å². The molecule has 42 heavy (non-hydrogen) atoms. The minimum atomic E-state index is -0.933. The van der Waals surface area contributed by atoms with Crippen molar-refractivity contribution in [2.24, 2.45) is 0 Å². The Hall–Kier alpha value is -3.99. The summed E-state index contributed by atoms with van der Waals surface area (Å²) in [5.74, 6) is 1.36. The number of alkyl carbamates (subject to hydrolysis) is 1. The van der Waals surface area contributed by atoms with Crippen molar-refractivity contribution in [3.8, 4) is 5.75 Å². The molecule has 1 aliphatic rings. The lowest BCUT2D eigenvalue weighted by atomic mass is 9.90. The number of carbonyl (C=O) groups is 2. The zero-order chi connectivity index (χ0) is 29.5. The molecule has 0 fully saturated rings. The largest absolute Gasteiger partial charge is 0.497 e. The Balaban J connectivity index is 1.43. The second-order valence-corrected chi connectivity index (χ2v) is 11.1. The van der Waals surface area contributed by atoms with Gasteiger partial charge < -0.3 is 29.7 Å². The predicted octanol–water partition coefficient (Wildman–Crippen LogP) is 5.63. The molecule has 1 amide bonds. The number of nitrogens with zero attached hydrogens (tertiary/aromatic N) is 1. The molecule has 0 radical (unpaired) electrons. The monoisotopic (exact) mass is 589 g/mol. The summed E-state index contributed by atoms with van der Waals surface area (Å²) in [6, 6.07) is 22.7. The molecular weight excluding hydrogens is 554 g/mol. The first-order valence-corrected chi connectivity index (χ1v) is 15.0. The highest BCUT2D eigenvalue weighted by Gasteiger charge is 2.44. The van der Waals surface area contributed by atoms with Crippen LogP contribution in [0.15, 0.2) is 78.9 Å². The van der Waals surface area contributed by atoms with Gasteiger partial charge in [-0.2, -0.15) is 16.8 Å². The van der Waals surface area contributed by atoms with Gasteiger partial charge in [0.1, 0.15) is 18.4 Å². The van der Waals surface area contributed by atoms with E-state index in [1.165, 1.54) is 0 Å². The SMILES string of the molecule is CCOC(=O)C1Cc2c([nH]c3ccccc23)C(C(CSCc2ccc(OC)cc2)NC(=O)OCc2ccccc2)N1O. The zero-order valence-electron chi connectivity index (χ0n) is 23.6. The number of benzene rings is 3. The van der Waals surface area contributed by atoms with Gasteiger partial charge >= 0.3 is 12.1 Å². The van der Waals surface area contributed by atoms with E-state index in [4.69, 9.17) is 14.2 Å². The fourth-order valence-electron chi connectivity index (χ4n) is 5.28. The molecule has 1 aromatic heterocycles. The Bertz CT molecular complexity index is 1490. The zero-order valence-corrected chi connectivity index (χ0v) is 24.4. The lowest BCUT2D eigenvalue weighted by molar-refractivity contribution is -0.196. The van der Waals surface area contributed by atoms with E-state index in [1.54, 1.807) is 25.8 Å². The number of amides is 1. The molecule has 4 aromatic rings. The minimum absolute atomic E-state index is 0.106. The number of rotatable bonds is 11. The smallest absolute Gasteiger partial charge is 0.407 e. The van der Waals surface area contributed by atoms with Crippen molar-refractivity contribution in [3.63, 3.8) is 0 Å². The molecule has 3 N–H and O–H groups in total. The molecule has 9 nitrogen and oxygen atoms in total. The summed E-state index contributed by atoms with van der Waals surface area (Å²) < 4.78 is 16.2. The second kappa shape index (κ2) is 13.8. The maximum atomic E-state index is 13.1. The fraction of sp³-hybridized carbons (Fsp3) is 0.312. The van der Waals surface area contributed by atoms with Crippen LogP contribution in [0, 0.1) is 0 Å². The van der Waals surface area contributed by atoms with E-state index < -0.39 is 30.2 Å². The van der Waals surface area contributed by atoms with Crippen molar-refractivity contribution < 1.29 is 29.0 Å². The fourth-order valence-corrected chi connectivity index (χ4v) is 6.34. The second-order valence-electron chi connectivity index (χ2n) is 10.0. The average molecular weight is 590 g/mol. The van der Waals surface area contributed by atoms with Gasteiger partial charge in [0.25, 0.3) is 0 Å². The topological polar surface area (TPSA) is 113 Å². The molecule has 3 aromatic carbocycles. The number of thioether (sulfide) groups is 1. The molecule has 220 valence electrons. The number of para-hydroxylation sites is 1. The molecule has 3 unspecified atom stereocenters. The van der Waals surface area contributed by atoms with Crippen LogP contribution in [0.4, 0.5) is 4.79 Å². The average Bonchev–Trinajstić information content (AvgIpc) is 3.38. The Labute approximate surface area is 249 Å². The van der Waals surface area contributed by atoms with E-state index in [1.807, 2.05) is 78.9 Å². The number of hydrogen-bond acceptors (Lipinski definition) is 8. The van der Waals surface area contributed by atoms with Crippen LogP contribution in [-0.4, -0.2) is 58.9 Å². The van der Waals surface area contributed by atoms with Gasteiger partial charge in [0, 0.05) is 34.5 Å². The normalized spacial score (nSPS) is 17.3. The molecule has 10 heteroatoms. The molecule has 0 saturated heterocycles. The summed E-state index contributed by atoms with van der Waals surface area (Å²) in [4.78, 5) is 29.6. The number of carbonyl (C=O) groups excluding carboxylic acids is 2. The van der Waals surface area contributed by atoms with E-state index >= 15 is 0 Å². The summed E-state index contributed by atoms with van der Waals surface area (Å²) in [6.07, 6.45) is -0.340. The van der Waals surface area contributed by atoms with Crippen LogP contribution < -0.4 is 10.1 Å². The first-order chi connectivity index (χ1) is 20.5. The summed E-state index contributed by atoms with van der Waals surface area (Å²) in [5, 5.41) is 16.6. The number of esters is 1. The number of ether oxygens (including phenoxy) is 3. The highest BCUT2D eigenvalue weighted by Crippen LogP contribution is 2.39. The first-order valence-electron chi connectivity index (χ1n) is 13.9. The molecule has 0 aliphatic carbocycles. The maximum Gasteiger partial charge on any atom is 0.407 e. The number of methoxy groups -OCH3 is 1. The van der Waals surface area contributed by atoms with Crippen molar-refractivity contribution in [2.75, 3.05) is 19.5 Å². The third-order valence-corrected chi connectivity index (χ3v) is 8.46. The van der Waals surface area contributed by atoms with Gasteiger partial charge in [-0.3, -0.25) is 4.79 Å². The van der Waals surface area contributed by atoms with Crippen molar-refractivity contribution in [3.05, 3.63) is 101 Å². The third-order valence-electron chi connectivity index (χ3n) is 7.33. The number of hydrogen-bond donors (Lipinski definition) is 3. The molecule has 5 rings (SSSR count). The lowest BCUT2D eigenvalue weighted by Gasteiger charge is -2.40. The molecule has 0 bridgehead atoms. The van der Waals surface area contributed by atoms with Crippen LogP contribution in [0.3, 0.4) is 0 Å². The highest BCUT2D eigenvalue weighted by atomic mass is 32.2. The number of aromatic amines is 1. The Morgan fingerprint density at radius 2 is 1.76 bits per heavy atom. The third kappa shape index (κ3) is 6.73. The van der Waals surface area contributed by atoms with Crippen molar-refractivity contribution in [1.82, 2.24) is 15.4 Å². The lowest BCUT2D eigenvalue weighted by Crippen LogP contribution is -2.55. The molecule has 3 atom stereocenters. The van der Waals surface area contributed by atoms with Crippen LogP contribution in [0.1, 0.15) is 35.3 Å². The highest BCUT2D eigenvalue weighted by molar-refractivity contribution is 7.98. The van der Waals surface area contributed by atoms with Crippen LogP contribution in [0.5, 0.6) is 5.75 Å². The number of H-pyrrole nitrogens is 1. The number of fused-ring (bicyclic) bond motifs is 3. The number of aromatic nitrogens is 1. The van der Waals surface area contributed by atoms with Gasteiger partial charge in [0.05, 0.1) is 25.8 Å². The van der Waals surface area contributed by atoms with Crippen molar-refractivity contribution in [2.45, 2.75) is 43.8 Å². The summed E-state index contributed by atoms with van der Waals surface area (Å²) >= 11 is 1.60. The van der Waals surface area contributed by atoms with E-state index in [9.17, 15) is 14.8 Å². The van der Waals surface area contributed by atoms with Gasteiger partial charge in [0.2, 0.25) is 0 Å². The quantitative estimate of drug-likeness (QED) is 0.193. The van der Waals surface area contributed by atoms with Crippen LogP contribution in [0.2, 0.25) is 0 Å². The van der Waals surface area contributed by atoms with Gasteiger partial charge in [-0.05, 0) is 41.8 Å². The predicted molar refractivity (Wildman–Crippen MR) is 161 cm³/mol. The van der Waals surface area contributed by atoms with Gasteiger partial charge in [0.15, 0.2) is 0 Å². The summed E-state index contributed by atoms with van der Waals surface area (Å²) in [5.41, 5.74) is 4.51. The first kappa shape index (κ1) is 29.5. The molecular formula is C32H35N3O6S. The molecule has 0 spiro atoms. The summed E-state index contributed by atoms with van der Waals surface area (Å²) in [6.45, 7) is 2.04. The Morgan fingerprint density at radius 1 is 1.02 bits per heavy atom. The van der Waals surface area contributed by atoms with E-state index in [0.717, 1.165) is 44.1 Å². The van der Waals surface area contributed by atoms with E-state index in [2.05, 4.69) is 10.3 Å². The maximum absolute atomic E-state index is 13.1. The number of nitrogens with one attached hydrogen (secondary N) is 2.